The van der Waals surface area contributed by atoms with E-state index in [9.17, 15) is 9.59 Å². The summed E-state index contributed by atoms with van der Waals surface area (Å²) in [5.74, 6) is -0.314. The van der Waals surface area contributed by atoms with E-state index in [1.54, 1.807) is 18.2 Å². The molecule has 1 saturated heterocycles. The maximum Gasteiger partial charge on any atom is 0.332 e. The third-order valence-electron chi connectivity index (χ3n) is 2.54. The zero-order valence-corrected chi connectivity index (χ0v) is 10.9. The van der Waals surface area contributed by atoms with Gasteiger partial charge in [0, 0.05) is 11.6 Å². The fraction of sp³-hybridized carbons (Fsp3) is 0.167. The molecule has 0 atom stereocenters. The van der Waals surface area contributed by atoms with E-state index in [1.165, 1.54) is 11.0 Å². The van der Waals surface area contributed by atoms with Gasteiger partial charge >= 0.3 is 6.03 Å². The van der Waals surface area contributed by atoms with Crippen molar-refractivity contribution >= 4 is 40.8 Å². The van der Waals surface area contributed by atoms with Gasteiger partial charge in [-0.05, 0) is 18.2 Å². The lowest BCUT2D eigenvalue weighted by Crippen LogP contribution is -2.33. The molecule has 4 nitrogen and oxygen atoms in total. The van der Waals surface area contributed by atoms with Gasteiger partial charge in [-0.25, -0.2) is 9.69 Å². The Hall–Kier alpha value is -1.52. The number of carbonyl (C=O) groups excluding carboxylic acids is 2. The van der Waals surface area contributed by atoms with E-state index in [1.807, 2.05) is 0 Å². The van der Waals surface area contributed by atoms with Crippen molar-refractivity contribution in [2.45, 2.75) is 0 Å². The Morgan fingerprint density at radius 2 is 2.06 bits per heavy atom. The van der Waals surface area contributed by atoms with Crippen LogP contribution >= 0.6 is 23.2 Å². The Bertz CT molecular complexity index is 531. The third kappa shape index (κ3) is 2.21. The number of nitrogens with zero attached hydrogens (tertiary/aromatic N) is 2. The number of halogens is 2. The molecular formula is C12H10Cl2N2O2. The Morgan fingerprint density at radius 3 is 2.67 bits per heavy atom. The van der Waals surface area contributed by atoms with Gasteiger partial charge in [-0.15, -0.1) is 6.58 Å². The molecule has 94 valence electrons. The quantitative estimate of drug-likeness (QED) is 0.633. The van der Waals surface area contributed by atoms with E-state index in [-0.39, 0.29) is 17.5 Å². The smallest absolute Gasteiger partial charge is 0.311 e. The van der Waals surface area contributed by atoms with E-state index in [4.69, 9.17) is 23.2 Å². The molecule has 18 heavy (non-hydrogen) atoms. The maximum absolute atomic E-state index is 12.0. The number of urea groups is 1. The van der Waals surface area contributed by atoms with Gasteiger partial charge in [-0.3, -0.25) is 4.79 Å². The SMILES string of the molecule is C=CCN1CC(=O)N(c2ccc(Cl)cc2Cl)C1=O. The molecule has 3 amide bonds. The number of anilines is 1. The van der Waals surface area contributed by atoms with Crippen LogP contribution in [-0.4, -0.2) is 29.9 Å². The monoisotopic (exact) mass is 284 g/mol. The summed E-state index contributed by atoms with van der Waals surface area (Å²) in [6.45, 7) is 3.90. The minimum atomic E-state index is -0.399. The van der Waals surface area contributed by atoms with Gasteiger partial charge in [0.1, 0.15) is 6.54 Å². The molecule has 0 saturated carbocycles. The van der Waals surface area contributed by atoms with Gasteiger partial charge < -0.3 is 4.90 Å². The number of carbonyl (C=O) groups is 2. The molecule has 1 fully saturated rings. The first kappa shape index (κ1) is 12.9. The number of rotatable bonds is 3. The molecule has 0 unspecified atom stereocenters. The van der Waals surface area contributed by atoms with E-state index in [0.717, 1.165) is 4.90 Å². The lowest BCUT2D eigenvalue weighted by Gasteiger charge is -2.16. The number of benzene rings is 1. The molecule has 2 rings (SSSR count). The molecule has 0 radical (unpaired) electrons. The highest BCUT2D eigenvalue weighted by Crippen LogP contribution is 2.31. The van der Waals surface area contributed by atoms with Crippen molar-refractivity contribution in [3.8, 4) is 0 Å². The van der Waals surface area contributed by atoms with E-state index >= 15 is 0 Å². The lowest BCUT2D eigenvalue weighted by atomic mass is 10.3. The largest absolute Gasteiger partial charge is 0.332 e. The number of amides is 3. The third-order valence-corrected chi connectivity index (χ3v) is 3.08. The van der Waals surface area contributed by atoms with Crippen LogP contribution in [0.3, 0.4) is 0 Å². The molecule has 0 N–H and O–H groups in total. The average Bonchev–Trinajstić information content (AvgIpc) is 2.56. The lowest BCUT2D eigenvalue weighted by molar-refractivity contribution is -0.116. The highest BCUT2D eigenvalue weighted by atomic mass is 35.5. The predicted molar refractivity (Wildman–Crippen MR) is 71.1 cm³/mol. The summed E-state index contributed by atoms with van der Waals surface area (Å²) in [6, 6.07) is 4.23. The normalized spacial score (nSPS) is 15.4. The molecule has 1 aromatic carbocycles. The van der Waals surface area contributed by atoms with Crippen molar-refractivity contribution in [1.29, 1.82) is 0 Å². The zero-order chi connectivity index (χ0) is 13.3. The number of hydrogen-bond acceptors (Lipinski definition) is 2. The minimum Gasteiger partial charge on any atom is -0.311 e. The number of imide groups is 1. The van der Waals surface area contributed by atoms with E-state index < -0.39 is 6.03 Å². The zero-order valence-electron chi connectivity index (χ0n) is 9.40. The van der Waals surface area contributed by atoms with Gasteiger partial charge in [0.05, 0.1) is 10.7 Å². The fourth-order valence-electron chi connectivity index (χ4n) is 1.75. The van der Waals surface area contributed by atoms with Crippen molar-refractivity contribution < 1.29 is 9.59 Å². The maximum atomic E-state index is 12.0. The first-order valence-corrected chi connectivity index (χ1v) is 5.98. The summed E-state index contributed by atoms with van der Waals surface area (Å²) >= 11 is 11.8. The molecule has 1 aliphatic heterocycles. The van der Waals surface area contributed by atoms with Crippen LogP contribution in [0.2, 0.25) is 10.0 Å². The van der Waals surface area contributed by atoms with Gasteiger partial charge in [0.25, 0.3) is 5.91 Å². The van der Waals surface area contributed by atoms with Crippen LogP contribution in [0, 0.1) is 0 Å². The Balaban J connectivity index is 2.36. The molecule has 0 aliphatic carbocycles. The van der Waals surface area contributed by atoms with Crippen molar-refractivity contribution in [3.05, 3.63) is 40.9 Å². The molecule has 1 heterocycles. The molecule has 1 aromatic rings. The van der Waals surface area contributed by atoms with Crippen LogP contribution < -0.4 is 4.90 Å². The van der Waals surface area contributed by atoms with Crippen molar-refractivity contribution in [2.75, 3.05) is 18.0 Å². The fourth-order valence-corrected chi connectivity index (χ4v) is 2.24. The highest BCUT2D eigenvalue weighted by Gasteiger charge is 2.37. The van der Waals surface area contributed by atoms with Gasteiger partial charge in [0.2, 0.25) is 0 Å². The van der Waals surface area contributed by atoms with Crippen molar-refractivity contribution in [1.82, 2.24) is 4.90 Å². The molecule has 0 bridgehead atoms. The summed E-state index contributed by atoms with van der Waals surface area (Å²) in [6.07, 6.45) is 1.57. The second-order valence-corrected chi connectivity index (χ2v) is 4.62. The summed E-state index contributed by atoms with van der Waals surface area (Å²) in [4.78, 5) is 26.3. The van der Waals surface area contributed by atoms with Crippen LogP contribution in [0.25, 0.3) is 0 Å². The molecular weight excluding hydrogens is 275 g/mol. The average molecular weight is 285 g/mol. The van der Waals surface area contributed by atoms with Crippen LogP contribution in [0.4, 0.5) is 10.5 Å². The van der Waals surface area contributed by atoms with Crippen LogP contribution in [-0.2, 0) is 4.79 Å². The Kier molecular flexibility index (Phi) is 3.59. The summed E-state index contributed by atoms with van der Waals surface area (Å²) in [5.41, 5.74) is 0.350. The van der Waals surface area contributed by atoms with Crippen LogP contribution in [0.15, 0.2) is 30.9 Å². The molecule has 0 spiro atoms. The topological polar surface area (TPSA) is 40.6 Å². The summed E-state index contributed by atoms with van der Waals surface area (Å²) in [5, 5.41) is 0.718. The first-order chi connectivity index (χ1) is 8.54. The first-order valence-electron chi connectivity index (χ1n) is 5.22. The van der Waals surface area contributed by atoms with Crippen LogP contribution in [0.1, 0.15) is 0 Å². The van der Waals surface area contributed by atoms with Crippen molar-refractivity contribution in [2.24, 2.45) is 0 Å². The van der Waals surface area contributed by atoms with Crippen LogP contribution in [0.5, 0.6) is 0 Å². The molecule has 1 aliphatic rings. The van der Waals surface area contributed by atoms with E-state index in [0.29, 0.717) is 17.3 Å². The van der Waals surface area contributed by atoms with Gasteiger partial charge in [-0.2, -0.15) is 0 Å². The van der Waals surface area contributed by atoms with Crippen molar-refractivity contribution in [3.63, 3.8) is 0 Å². The highest BCUT2D eigenvalue weighted by molar-refractivity contribution is 6.38. The van der Waals surface area contributed by atoms with Gasteiger partial charge in [-0.1, -0.05) is 29.3 Å². The van der Waals surface area contributed by atoms with Gasteiger partial charge in [0.15, 0.2) is 0 Å². The second kappa shape index (κ2) is 5.00. The molecule has 6 heteroatoms. The Morgan fingerprint density at radius 1 is 1.33 bits per heavy atom. The predicted octanol–water partition coefficient (Wildman–Crippen LogP) is 2.95. The Labute approximate surface area is 114 Å². The van der Waals surface area contributed by atoms with E-state index in [2.05, 4.69) is 6.58 Å². The standard InChI is InChI=1S/C12H10Cl2N2O2/c1-2-5-15-7-11(17)16(12(15)18)10-4-3-8(13)6-9(10)14/h2-4,6H,1,5,7H2. The minimum absolute atomic E-state index is 0.0316. The second-order valence-electron chi connectivity index (χ2n) is 3.78. The summed E-state index contributed by atoms with van der Waals surface area (Å²) in [7, 11) is 0. The molecule has 0 aromatic heterocycles. The number of hydrogen-bond donors (Lipinski definition) is 0. The summed E-state index contributed by atoms with van der Waals surface area (Å²) < 4.78 is 0.